The van der Waals surface area contributed by atoms with Gasteiger partial charge in [0.15, 0.2) is 0 Å². The lowest BCUT2D eigenvalue weighted by atomic mass is 9.89. The van der Waals surface area contributed by atoms with Crippen molar-refractivity contribution in [3.05, 3.63) is 18.0 Å². The van der Waals surface area contributed by atoms with Crippen molar-refractivity contribution in [1.29, 1.82) is 0 Å². The van der Waals surface area contributed by atoms with Gasteiger partial charge in [0.25, 0.3) is 0 Å². The first-order chi connectivity index (χ1) is 10.7. The molecule has 0 spiro atoms. The maximum absolute atomic E-state index is 12.9. The van der Waals surface area contributed by atoms with Crippen LogP contribution in [0.1, 0.15) is 24.3 Å². The Morgan fingerprint density at radius 1 is 1.23 bits per heavy atom. The molecule has 1 aromatic rings. The fourth-order valence-electron chi connectivity index (χ4n) is 3.90. The summed E-state index contributed by atoms with van der Waals surface area (Å²) >= 11 is 0. The van der Waals surface area contributed by atoms with E-state index < -0.39 is 0 Å². The zero-order chi connectivity index (χ0) is 15.1. The fourth-order valence-corrected chi connectivity index (χ4v) is 3.90. The number of aromatic nitrogens is 2. The Labute approximate surface area is 131 Å². The molecule has 4 rings (SSSR count). The van der Waals surface area contributed by atoms with Gasteiger partial charge < -0.3 is 10.2 Å². The summed E-state index contributed by atoms with van der Waals surface area (Å²) in [6, 6.07) is 0.813. The Hall–Kier alpha value is -1.40. The van der Waals surface area contributed by atoms with Crippen molar-refractivity contribution in [2.24, 2.45) is 13.0 Å². The number of nitrogens with zero attached hydrogens (tertiary/aromatic N) is 4. The van der Waals surface area contributed by atoms with Gasteiger partial charge in [-0.05, 0) is 18.4 Å². The summed E-state index contributed by atoms with van der Waals surface area (Å²) in [6.45, 7) is 5.56. The van der Waals surface area contributed by atoms with Gasteiger partial charge in [-0.3, -0.25) is 14.4 Å². The average molecular weight is 303 g/mol. The predicted octanol–water partition coefficient (Wildman–Crippen LogP) is 0.0297. The third kappa shape index (κ3) is 2.65. The lowest BCUT2D eigenvalue weighted by Crippen LogP contribution is -2.51. The van der Waals surface area contributed by atoms with Crippen molar-refractivity contribution in [1.82, 2.24) is 24.9 Å². The number of hydrogen-bond acceptors (Lipinski definition) is 4. The molecule has 6 heteroatoms. The van der Waals surface area contributed by atoms with E-state index in [0.29, 0.717) is 5.91 Å². The first kappa shape index (κ1) is 14.2. The molecular formula is C16H25N5O. The Kier molecular flexibility index (Phi) is 3.66. The van der Waals surface area contributed by atoms with E-state index in [1.807, 2.05) is 24.1 Å². The van der Waals surface area contributed by atoms with Crippen LogP contribution in [0.4, 0.5) is 0 Å². The van der Waals surface area contributed by atoms with Crippen LogP contribution in [0.25, 0.3) is 0 Å². The molecule has 3 heterocycles. The van der Waals surface area contributed by atoms with Gasteiger partial charge in [-0.2, -0.15) is 5.10 Å². The molecule has 2 aliphatic heterocycles. The molecular weight excluding hydrogens is 278 g/mol. The Bertz CT molecular complexity index is 544. The fraction of sp³-hybridized carbons (Fsp3) is 0.750. The molecule has 1 aromatic heterocycles. The van der Waals surface area contributed by atoms with E-state index in [2.05, 4.69) is 20.2 Å². The minimum Gasteiger partial charge on any atom is -0.340 e. The Balaban J connectivity index is 1.41. The summed E-state index contributed by atoms with van der Waals surface area (Å²) in [4.78, 5) is 17.6. The molecule has 1 amide bonds. The predicted molar refractivity (Wildman–Crippen MR) is 83.5 cm³/mol. The Morgan fingerprint density at radius 2 is 2.00 bits per heavy atom. The quantitative estimate of drug-likeness (QED) is 0.856. The lowest BCUT2D eigenvalue weighted by Gasteiger charge is -2.36. The van der Waals surface area contributed by atoms with Gasteiger partial charge >= 0.3 is 0 Å². The molecule has 2 saturated heterocycles. The number of carbonyl (C=O) groups is 1. The van der Waals surface area contributed by atoms with Crippen LogP contribution in [0, 0.1) is 5.92 Å². The van der Waals surface area contributed by atoms with E-state index in [1.54, 1.807) is 0 Å². The molecule has 0 unspecified atom stereocenters. The number of piperazine rings is 1. The van der Waals surface area contributed by atoms with Gasteiger partial charge in [0.05, 0.1) is 12.1 Å². The SMILES string of the molecule is Cn1cc([C@H]2CNC[C@@H]2C(=O)N2CCN(C3CC3)CC2)cn1. The second-order valence-electron chi connectivity index (χ2n) is 6.91. The van der Waals surface area contributed by atoms with Crippen molar-refractivity contribution in [3.8, 4) is 0 Å². The van der Waals surface area contributed by atoms with E-state index >= 15 is 0 Å². The number of aryl methyl sites for hydroxylation is 1. The van der Waals surface area contributed by atoms with Crippen molar-refractivity contribution in [2.75, 3.05) is 39.3 Å². The van der Waals surface area contributed by atoms with Gasteiger partial charge in [0.1, 0.15) is 0 Å². The molecule has 1 saturated carbocycles. The monoisotopic (exact) mass is 303 g/mol. The van der Waals surface area contributed by atoms with Crippen LogP contribution in [0.3, 0.4) is 0 Å². The molecule has 3 fully saturated rings. The second kappa shape index (κ2) is 5.66. The second-order valence-corrected chi connectivity index (χ2v) is 6.91. The van der Waals surface area contributed by atoms with Crippen LogP contribution in [-0.4, -0.2) is 70.8 Å². The highest BCUT2D eigenvalue weighted by atomic mass is 16.2. The molecule has 1 N–H and O–H groups in total. The third-order valence-corrected chi connectivity index (χ3v) is 5.37. The molecule has 0 aromatic carbocycles. The van der Waals surface area contributed by atoms with Crippen molar-refractivity contribution in [3.63, 3.8) is 0 Å². The first-order valence-corrected chi connectivity index (χ1v) is 8.44. The zero-order valence-electron chi connectivity index (χ0n) is 13.2. The standard InChI is InChI=1S/C16H25N5O/c1-19-11-12(8-18-19)14-9-17-10-15(14)16(22)21-6-4-20(5-7-21)13-2-3-13/h8,11,13-15,17H,2-7,9-10H2,1H3/t14-,15+/m1/s1. The minimum absolute atomic E-state index is 0.0664. The largest absolute Gasteiger partial charge is 0.340 e. The van der Waals surface area contributed by atoms with Gasteiger partial charge in [-0.1, -0.05) is 0 Å². The summed E-state index contributed by atoms with van der Waals surface area (Å²) in [6.07, 6.45) is 6.65. The normalized spacial score (nSPS) is 30.0. The summed E-state index contributed by atoms with van der Waals surface area (Å²) in [5.74, 6) is 0.661. The molecule has 22 heavy (non-hydrogen) atoms. The number of hydrogen-bond donors (Lipinski definition) is 1. The molecule has 0 bridgehead atoms. The van der Waals surface area contributed by atoms with E-state index in [1.165, 1.54) is 18.4 Å². The zero-order valence-corrected chi connectivity index (χ0v) is 13.2. The number of amides is 1. The van der Waals surface area contributed by atoms with E-state index in [-0.39, 0.29) is 11.8 Å². The van der Waals surface area contributed by atoms with Gasteiger partial charge in [-0.25, -0.2) is 0 Å². The van der Waals surface area contributed by atoms with Gasteiger partial charge in [-0.15, -0.1) is 0 Å². The van der Waals surface area contributed by atoms with Crippen LogP contribution in [0.2, 0.25) is 0 Å². The maximum atomic E-state index is 12.9. The first-order valence-electron chi connectivity index (χ1n) is 8.44. The minimum atomic E-state index is 0.0664. The van der Waals surface area contributed by atoms with Crippen molar-refractivity contribution in [2.45, 2.75) is 24.8 Å². The molecule has 2 atom stereocenters. The van der Waals surface area contributed by atoms with Crippen LogP contribution < -0.4 is 5.32 Å². The van der Waals surface area contributed by atoms with Crippen LogP contribution in [0.15, 0.2) is 12.4 Å². The number of nitrogens with one attached hydrogen (secondary N) is 1. The van der Waals surface area contributed by atoms with E-state index in [9.17, 15) is 4.79 Å². The highest BCUT2D eigenvalue weighted by Gasteiger charge is 2.39. The van der Waals surface area contributed by atoms with Gasteiger partial charge in [0.2, 0.25) is 5.91 Å². The number of carbonyl (C=O) groups excluding carboxylic acids is 1. The van der Waals surface area contributed by atoms with Crippen LogP contribution in [0.5, 0.6) is 0 Å². The summed E-state index contributed by atoms with van der Waals surface area (Å²) in [5.41, 5.74) is 1.18. The summed E-state index contributed by atoms with van der Waals surface area (Å²) < 4.78 is 1.82. The van der Waals surface area contributed by atoms with Crippen LogP contribution >= 0.6 is 0 Å². The summed E-state index contributed by atoms with van der Waals surface area (Å²) in [5, 5.41) is 7.65. The molecule has 3 aliphatic rings. The van der Waals surface area contributed by atoms with Crippen molar-refractivity contribution < 1.29 is 4.79 Å². The average Bonchev–Trinajstić information content (AvgIpc) is 3.11. The Morgan fingerprint density at radius 3 is 2.64 bits per heavy atom. The third-order valence-electron chi connectivity index (χ3n) is 5.37. The molecule has 120 valence electrons. The van der Waals surface area contributed by atoms with Gasteiger partial charge in [0, 0.05) is 64.5 Å². The molecule has 1 aliphatic carbocycles. The molecule has 0 radical (unpaired) electrons. The van der Waals surface area contributed by atoms with Crippen molar-refractivity contribution >= 4 is 5.91 Å². The van der Waals surface area contributed by atoms with E-state index in [0.717, 1.165) is 45.3 Å². The number of rotatable bonds is 3. The maximum Gasteiger partial charge on any atom is 0.227 e. The topological polar surface area (TPSA) is 53.4 Å². The lowest BCUT2D eigenvalue weighted by molar-refractivity contribution is -0.137. The van der Waals surface area contributed by atoms with E-state index in [4.69, 9.17) is 0 Å². The highest BCUT2D eigenvalue weighted by molar-refractivity contribution is 5.80. The highest BCUT2D eigenvalue weighted by Crippen LogP contribution is 2.31. The smallest absolute Gasteiger partial charge is 0.227 e. The molecule has 6 nitrogen and oxygen atoms in total. The summed E-state index contributed by atoms with van der Waals surface area (Å²) in [7, 11) is 1.93. The van der Waals surface area contributed by atoms with Crippen LogP contribution in [-0.2, 0) is 11.8 Å².